The first-order chi connectivity index (χ1) is 6.47. The molecular formula is C11H24O3. The van der Waals surface area contributed by atoms with Gasteiger partial charge in [-0.2, -0.15) is 0 Å². The largest absolute Gasteiger partial charge is 0.390 e. The van der Waals surface area contributed by atoms with E-state index in [0.29, 0.717) is 6.42 Å². The van der Waals surface area contributed by atoms with Crippen molar-refractivity contribution in [3.8, 4) is 0 Å². The molecule has 3 heteroatoms. The number of ether oxygens (including phenoxy) is 2. The van der Waals surface area contributed by atoms with Crippen molar-refractivity contribution < 1.29 is 14.6 Å². The van der Waals surface area contributed by atoms with Gasteiger partial charge < -0.3 is 14.6 Å². The Morgan fingerprint density at radius 3 is 2.14 bits per heavy atom. The van der Waals surface area contributed by atoms with Crippen LogP contribution in [0.3, 0.4) is 0 Å². The zero-order valence-electron chi connectivity index (χ0n) is 10.0. The van der Waals surface area contributed by atoms with Gasteiger partial charge in [-0.25, -0.2) is 0 Å². The average molecular weight is 204 g/mol. The third kappa shape index (κ3) is 4.40. The summed E-state index contributed by atoms with van der Waals surface area (Å²) in [5.41, 5.74) is -0.716. The van der Waals surface area contributed by atoms with E-state index < -0.39 is 5.60 Å². The van der Waals surface area contributed by atoms with Gasteiger partial charge in [0, 0.05) is 20.6 Å². The van der Waals surface area contributed by atoms with Crippen LogP contribution in [0.2, 0.25) is 0 Å². The Balaban J connectivity index is 4.15. The molecule has 0 fully saturated rings. The minimum Gasteiger partial charge on any atom is -0.390 e. The van der Waals surface area contributed by atoms with Crippen molar-refractivity contribution in [2.45, 2.75) is 51.9 Å². The Kier molecular flexibility index (Phi) is 6.33. The topological polar surface area (TPSA) is 38.7 Å². The minimum atomic E-state index is -0.716. The summed E-state index contributed by atoms with van der Waals surface area (Å²) in [4.78, 5) is 0. The van der Waals surface area contributed by atoms with Gasteiger partial charge in [0.2, 0.25) is 0 Å². The molecule has 1 N–H and O–H groups in total. The van der Waals surface area contributed by atoms with Crippen molar-refractivity contribution in [2.24, 2.45) is 5.92 Å². The van der Waals surface area contributed by atoms with Crippen LogP contribution in [0.4, 0.5) is 0 Å². The predicted molar refractivity (Wildman–Crippen MR) is 57.1 cm³/mol. The number of hydrogen-bond acceptors (Lipinski definition) is 3. The number of aliphatic hydroxyl groups is 1. The molecular weight excluding hydrogens is 180 g/mol. The lowest BCUT2D eigenvalue weighted by Gasteiger charge is -2.32. The molecule has 0 heterocycles. The van der Waals surface area contributed by atoms with E-state index in [2.05, 4.69) is 13.8 Å². The highest BCUT2D eigenvalue weighted by Gasteiger charge is 2.31. The first kappa shape index (κ1) is 13.9. The van der Waals surface area contributed by atoms with Gasteiger partial charge in [-0.15, -0.1) is 0 Å². The van der Waals surface area contributed by atoms with E-state index in [1.165, 1.54) is 0 Å². The molecule has 0 aliphatic carbocycles. The molecule has 0 aromatic heterocycles. The van der Waals surface area contributed by atoms with Gasteiger partial charge in [0.05, 0.1) is 5.60 Å². The Morgan fingerprint density at radius 1 is 1.29 bits per heavy atom. The van der Waals surface area contributed by atoms with Crippen LogP contribution in [-0.2, 0) is 9.47 Å². The van der Waals surface area contributed by atoms with Crippen LogP contribution < -0.4 is 0 Å². The molecule has 0 aliphatic heterocycles. The summed E-state index contributed by atoms with van der Waals surface area (Å²) < 4.78 is 10.2. The number of methoxy groups -OCH3 is 2. The molecule has 0 aliphatic rings. The highest BCUT2D eigenvalue weighted by Crippen LogP contribution is 2.27. The van der Waals surface area contributed by atoms with Gasteiger partial charge in [0.1, 0.15) is 0 Å². The number of rotatable bonds is 7. The molecule has 0 amide bonds. The predicted octanol–water partition coefficient (Wildman–Crippen LogP) is 2.18. The van der Waals surface area contributed by atoms with Crippen LogP contribution in [0.5, 0.6) is 0 Å². The van der Waals surface area contributed by atoms with Crippen LogP contribution >= 0.6 is 0 Å². The summed E-state index contributed by atoms with van der Waals surface area (Å²) in [6, 6.07) is 0. The van der Waals surface area contributed by atoms with Gasteiger partial charge in [-0.3, -0.25) is 0 Å². The van der Waals surface area contributed by atoms with E-state index in [1.54, 1.807) is 14.2 Å². The van der Waals surface area contributed by atoms with Crippen molar-refractivity contribution in [1.82, 2.24) is 0 Å². The van der Waals surface area contributed by atoms with E-state index in [0.717, 1.165) is 12.8 Å². The maximum atomic E-state index is 10.2. The van der Waals surface area contributed by atoms with E-state index in [1.807, 2.05) is 6.92 Å². The van der Waals surface area contributed by atoms with Gasteiger partial charge in [0.25, 0.3) is 0 Å². The Hall–Kier alpha value is -0.120. The lowest BCUT2D eigenvalue weighted by molar-refractivity contribution is -0.150. The fraction of sp³-hybridized carbons (Fsp3) is 1.00. The molecule has 14 heavy (non-hydrogen) atoms. The molecule has 0 spiro atoms. The summed E-state index contributed by atoms with van der Waals surface area (Å²) in [5, 5.41) is 10.2. The third-order valence-electron chi connectivity index (χ3n) is 2.89. The first-order valence-electron chi connectivity index (χ1n) is 5.25. The maximum absolute atomic E-state index is 10.2. The van der Waals surface area contributed by atoms with E-state index in [-0.39, 0.29) is 12.2 Å². The fourth-order valence-corrected chi connectivity index (χ4v) is 1.55. The second kappa shape index (κ2) is 6.38. The van der Waals surface area contributed by atoms with Gasteiger partial charge in [0.15, 0.2) is 6.29 Å². The van der Waals surface area contributed by atoms with E-state index in [9.17, 15) is 5.11 Å². The van der Waals surface area contributed by atoms with Crippen molar-refractivity contribution in [3.05, 3.63) is 0 Å². The van der Waals surface area contributed by atoms with Crippen LogP contribution in [0.25, 0.3) is 0 Å². The second-order valence-corrected chi connectivity index (χ2v) is 4.15. The highest BCUT2D eigenvalue weighted by molar-refractivity contribution is 4.80. The summed E-state index contributed by atoms with van der Waals surface area (Å²) in [5.74, 6) is 0.264. The van der Waals surface area contributed by atoms with Crippen LogP contribution in [0.1, 0.15) is 40.0 Å². The molecule has 0 bridgehead atoms. The zero-order valence-corrected chi connectivity index (χ0v) is 10.0. The van der Waals surface area contributed by atoms with Crippen LogP contribution in [0, 0.1) is 5.92 Å². The van der Waals surface area contributed by atoms with Gasteiger partial charge >= 0.3 is 0 Å². The summed E-state index contributed by atoms with van der Waals surface area (Å²) in [6.07, 6.45) is 2.31. The SMILES string of the molecule is CCCC(C)C(C)(O)CC(OC)OC. The van der Waals surface area contributed by atoms with Gasteiger partial charge in [-0.05, 0) is 19.3 Å². The first-order valence-corrected chi connectivity index (χ1v) is 5.25. The summed E-state index contributed by atoms with van der Waals surface area (Å²) in [7, 11) is 3.18. The van der Waals surface area contributed by atoms with Gasteiger partial charge in [-0.1, -0.05) is 20.3 Å². The lowest BCUT2D eigenvalue weighted by Crippen LogP contribution is -2.37. The molecule has 2 unspecified atom stereocenters. The monoisotopic (exact) mass is 204 g/mol. The molecule has 0 aromatic carbocycles. The van der Waals surface area contributed by atoms with Crippen molar-refractivity contribution >= 4 is 0 Å². The average Bonchev–Trinajstić information content (AvgIpc) is 2.14. The molecule has 0 saturated heterocycles. The van der Waals surface area contributed by atoms with Crippen molar-refractivity contribution in [1.29, 1.82) is 0 Å². The fourth-order valence-electron chi connectivity index (χ4n) is 1.55. The van der Waals surface area contributed by atoms with Crippen LogP contribution in [-0.4, -0.2) is 31.2 Å². The lowest BCUT2D eigenvalue weighted by atomic mass is 9.84. The molecule has 0 saturated carbocycles. The molecule has 0 rings (SSSR count). The normalized spacial score (nSPS) is 18.2. The molecule has 2 atom stereocenters. The van der Waals surface area contributed by atoms with E-state index >= 15 is 0 Å². The molecule has 3 nitrogen and oxygen atoms in total. The molecule has 0 aromatic rings. The smallest absolute Gasteiger partial charge is 0.159 e. The molecule has 0 radical (unpaired) electrons. The Bertz CT molecular complexity index is 141. The van der Waals surface area contributed by atoms with Crippen molar-refractivity contribution in [3.63, 3.8) is 0 Å². The third-order valence-corrected chi connectivity index (χ3v) is 2.89. The summed E-state index contributed by atoms with van der Waals surface area (Å²) >= 11 is 0. The summed E-state index contributed by atoms with van der Waals surface area (Å²) in [6.45, 7) is 6.03. The quantitative estimate of drug-likeness (QED) is 0.646. The maximum Gasteiger partial charge on any atom is 0.159 e. The second-order valence-electron chi connectivity index (χ2n) is 4.15. The Labute approximate surface area is 87.4 Å². The Morgan fingerprint density at radius 2 is 1.79 bits per heavy atom. The highest BCUT2D eigenvalue weighted by atomic mass is 16.7. The van der Waals surface area contributed by atoms with Crippen molar-refractivity contribution in [2.75, 3.05) is 14.2 Å². The van der Waals surface area contributed by atoms with E-state index in [4.69, 9.17) is 9.47 Å². The number of hydrogen-bond donors (Lipinski definition) is 1. The molecule has 86 valence electrons. The van der Waals surface area contributed by atoms with Crippen LogP contribution in [0.15, 0.2) is 0 Å². The minimum absolute atomic E-state index is 0.264. The zero-order chi connectivity index (χ0) is 11.2. The standard InChI is InChI=1S/C11H24O3/c1-6-7-9(2)11(3,12)8-10(13-4)14-5/h9-10,12H,6-8H2,1-5H3.